The molecule has 0 radical (unpaired) electrons. The Hall–Kier alpha value is -2.67. The van der Waals surface area contributed by atoms with Gasteiger partial charge in [-0.25, -0.2) is 4.98 Å². The van der Waals surface area contributed by atoms with Crippen LogP contribution in [0.3, 0.4) is 0 Å². The molecule has 0 spiro atoms. The fraction of sp³-hybridized carbons (Fsp3) is 0.389. The van der Waals surface area contributed by atoms with Crippen molar-refractivity contribution in [1.29, 1.82) is 0 Å². The predicted octanol–water partition coefficient (Wildman–Crippen LogP) is 1.23. The number of hydrogen-bond donors (Lipinski definition) is 1. The molecular weight excluding hydrogens is 322 g/mol. The van der Waals surface area contributed by atoms with Gasteiger partial charge in [-0.05, 0) is 24.6 Å². The maximum atomic E-state index is 12.6. The summed E-state index contributed by atoms with van der Waals surface area (Å²) < 4.78 is 10.8. The van der Waals surface area contributed by atoms with E-state index in [9.17, 15) is 9.59 Å². The number of benzene rings is 1. The van der Waals surface area contributed by atoms with Crippen molar-refractivity contribution >= 4 is 5.91 Å². The Morgan fingerprint density at radius 3 is 2.84 bits per heavy atom. The zero-order valence-electron chi connectivity index (χ0n) is 14.3. The molecule has 0 aliphatic carbocycles. The summed E-state index contributed by atoms with van der Waals surface area (Å²) >= 11 is 0. The van der Waals surface area contributed by atoms with E-state index in [-0.39, 0.29) is 11.5 Å². The van der Waals surface area contributed by atoms with Crippen molar-refractivity contribution < 1.29 is 14.3 Å². The van der Waals surface area contributed by atoms with Gasteiger partial charge in [0.05, 0.1) is 26.7 Å². The van der Waals surface area contributed by atoms with Crippen molar-refractivity contribution in [3.8, 4) is 5.75 Å². The van der Waals surface area contributed by atoms with Gasteiger partial charge in [0.15, 0.2) is 0 Å². The molecule has 1 saturated heterocycles. The van der Waals surface area contributed by atoms with Crippen LogP contribution in [0.4, 0.5) is 0 Å². The van der Waals surface area contributed by atoms with Gasteiger partial charge in [-0.15, -0.1) is 0 Å². The van der Waals surface area contributed by atoms with E-state index in [0.29, 0.717) is 37.6 Å². The molecular formula is C18H21N3O4. The molecule has 25 heavy (non-hydrogen) atoms. The van der Waals surface area contributed by atoms with Gasteiger partial charge in [-0.1, -0.05) is 12.1 Å². The number of H-pyrrole nitrogens is 1. The number of carbonyl (C=O) groups excluding carboxylic acids is 1. The molecule has 1 N–H and O–H groups in total. The van der Waals surface area contributed by atoms with Crippen LogP contribution >= 0.6 is 0 Å². The second-order valence-electron chi connectivity index (χ2n) is 6.00. The second-order valence-corrected chi connectivity index (χ2v) is 6.00. The SMILES string of the molecule is COc1ccc(CC(=O)N2CCO[C@H](c3nc(C)cc(=O)[nH]3)C2)cc1. The molecule has 1 aromatic heterocycles. The number of rotatable bonds is 4. The van der Waals surface area contributed by atoms with Gasteiger partial charge in [-0.2, -0.15) is 0 Å². The molecule has 1 aromatic carbocycles. The Morgan fingerprint density at radius 1 is 1.40 bits per heavy atom. The zero-order valence-corrected chi connectivity index (χ0v) is 14.3. The molecule has 1 atom stereocenters. The smallest absolute Gasteiger partial charge is 0.251 e. The van der Waals surface area contributed by atoms with Gasteiger partial charge < -0.3 is 19.4 Å². The summed E-state index contributed by atoms with van der Waals surface area (Å²) in [6, 6.07) is 8.87. The average molecular weight is 343 g/mol. The Balaban J connectivity index is 1.67. The average Bonchev–Trinajstić information content (AvgIpc) is 2.61. The third kappa shape index (κ3) is 4.24. The van der Waals surface area contributed by atoms with Crippen LogP contribution < -0.4 is 10.3 Å². The molecule has 3 rings (SSSR count). The standard InChI is InChI=1S/C18H21N3O4/c1-12-9-16(22)20-18(19-12)15-11-21(7-8-25-15)17(23)10-13-3-5-14(24-2)6-4-13/h3-6,9,15H,7-8,10-11H2,1-2H3,(H,19,20,22)/t15-/m0/s1. The molecule has 7 heteroatoms. The summed E-state index contributed by atoms with van der Waals surface area (Å²) in [6.45, 7) is 3.08. The van der Waals surface area contributed by atoms with Gasteiger partial charge in [0, 0.05) is 18.3 Å². The molecule has 1 amide bonds. The van der Waals surface area contributed by atoms with Gasteiger partial charge in [0.1, 0.15) is 17.7 Å². The van der Waals surface area contributed by atoms with Gasteiger partial charge in [0.2, 0.25) is 5.91 Å². The van der Waals surface area contributed by atoms with E-state index >= 15 is 0 Å². The van der Waals surface area contributed by atoms with Crippen molar-refractivity contribution in [1.82, 2.24) is 14.9 Å². The molecule has 0 unspecified atom stereocenters. The van der Waals surface area contributed by atoms with Crippen LogP contribution in [0.15, 0.2) is 35.1 Å². The van der Waals surface area contributed by atoms with E-state index in [4.69, 9.17) is 9.47 Å². The maximum absolute atomic E-state index is 12.6. The molecule has 1 fully saturated rings. The zero-order chi connectivity index (χ0) is 17.8. The Labute approximate surface area is 145 Å². The summed E-state index contributed by atoms with van der Waals surface area (Å²) in [6.07, 6.45) is -0.102. The molecule has 132 valence electrons. The number of aromatic nitrogens is 2. The molecule has 2 aromatic rings. The summed E-state index contributed by atoms with van der Waals surface area (Å²) in [5.74, 6) is 1.25. The van der Waals surface area contributed by atoms with E-state index in [1.165, 1.54) is 6.07 Å². The third-order valence-electron chi connectivity index (χ3n) is 4.13. The van der Waals surface area contributed by atoms with Crippen LogP contribution in [-0.2, 0) is 16.0 Å². The molecule has 1 aliphatic rings. The molecule has 1 aliphatic heterocycles. The third-order valence-corrected chi connectivity index (χ3v) is 4.13. The molecule has 0 bridgehead atoms. The van der Waals surface area contributed by atoms with E-state index in [0.717, 1.165) is 11.3 Å². The Bertz CT molecular complexity index is 801. The number of methoxy groups -OCH3 is 1. The number of amides is 1. The lowest BCUT2D eigenvalue weighted by Gasteiger charge is -2.32. The van der Waals surface area contributed by atoms with Crippen molar-refractivity contribution in [2.75, 3.05) is 26.8 Å². The van der Waals surface area contributed by atoms with Crippen molar-refractivity contribution in [2.24, 2.45) is 0 Å². The van der Waals surface area contributed by atoms with Crippen LogP contribution in [0.5, 0.6) is 5.75 Å². The molecule has 0 saturated carbocycles. The molecule has 2 heterocycles. The van der Waals surface area contributed by atoms with Crippen LogP contribution in [-0.4, -0.2) is 47.6 Å². The van der Waals surface area contributed by atoms with E-state index in [2.05, 4.69) is 9.97 Å². The summed E-state index contributed by atoms with van der Waals surface area (Å²) in [5, 5.41) is 0. The molecule has 7 nitrogen and oxygen atoms in total. The first kappa shape index (κ1) is 17.2. The topological polar surface area (TPSA) is 84.5 Å². The number of aryl methyl sites for hydroxylation is 1. The number of carbonyl (C=O) groups is 1. The predicted molar refractivity (Wildman–Crippen MR) is 91.6 cm³/mol. The van der Waals surface area contributed by atoms with Crippen molar-refractivity contribution in [2.45, 2.75) is 19.4 Å². The van der Waals surface area contributed by atoms with Crippen LogP contribution in [0.2, 0.25) is 0 Å². The lowest BCUT2D eigenvalue weighted by Crippen LogP contribution is -2.43. The maximum Gasteiger partial charge on any atom is 0.251 e. The lowest BCUT2D eigenvalue weighted by atomic mass is 10.1. The monoisotopic (exact) mass is 343 g/mol. The van der Waals surface area contributed by atoms with E-state index < -0.39 is 6.10 Å². The summed E-state index contributed by atoms with van der Waals surface area (Å²) in [7, 11) is 1.61. The second kappa shape index (κ2) is 7.48. The quantitative estimate of drug-likeness (QED) is 0.903. The number of morpholine rings is 1. The lowest BCUT2D eigenvalue weighted by molar-refractivity contribution is -0.138. The number of hydrogen-bond acceptors (Lipinski definition) is 5. The van der Waals surface area contributed by atoms with E-state index in [1.807, 2.05) is 24.3 Å². The van der Waals surface area contributed by atoms with Gasteiger partial charge >= 0.3 is 0 Å². The Kier molecular flexibility index (Phi) is 5.14. The number of nitrogens with zero attached hydrogens (tertiary/aromatic N) is 2. The highest BCUT2D eigenvalue weighted by Gasteiger charge is 2.27. The highest BCUT2D eigenvalue weighted by molar-refractivity contribution is 5.79. The van der Waals surface area contributed by atoms with E-state index in [1.54, 1.807) is 18.9 Å². The van der Waals surface area contributed by atoms with Crippen LogP contribution in [0.25, 0.3) is 0 Å². The van der Waals surface area contributed by atoms with Crippen molar-refractivity contribution in [3.05, 3.63) is 57.8 Å². The Morgan fingerprint density at radius 2 is 2.16 bits per heavy atom. The minimum Gasteiger partial charge on any atom is -0.497 e. The minimum atomic E-state index is -0.416. The minimum absolute atomic E-state index is 0.0217. The van der Waals surface area contributed by atoms with Gasteiger partial charge in [-0.3, -0.25) is 9.59 Å². The van der Waals surface area contributed by atoms with Crippen LogP contribution in [0.1, 0.15) is 23.2 Å². The number of ether oxygens (including phenoxy) is 2. The fourth-order valence-electron chi connectivity index (χ4n) is 2.83. The van der Waals surface area contributed by atoms with Gasteiger partial charge in [0.25, 0.3) is 5.56 Å². The fourth-order valence-corrected chi connectivity index (χ4v) is 2.83. The summed E-state index contributed by atoms with van der Waals surface area (Å²) in [5.41, 5.74) is 1.34. The number of aromatic amines is 1. The van der Waals surface area contributed by atoms with Crippen LogP contribution in [0, 0.1) is 6.92 Å². The number of nitrogens with one attached hydrogen (secondary N) is 1. The summed E-state index contributed by atoms with van der Waals surface area (Å²) in [4.78, 5) is 33.0. The highest BCUT2D eigenvalue weighted by Crippen LogP contribution is 2.20. The first-order valence-corrected chi connectivity index (χ1v) is 8.15. The normalized spacial score (nSPS) is 17.4. The first-order chi connectivity index (χ1) is 12.0. The first-order valence-electron chi connectivity index (χ1n) is 8.15. The highest BCUT2D eigenvalue weighted by atomic mass is 16.5. The van der Waals surface area contributed by atoms with Crippen molar-refractivity contribution in [3.63, 3.8) is 0 Å². The largest absolute Gasteiger partial charge is 0.497 e.